The highest BCUT2D eigenvalue weighted by Crippen LogP contribution is 2.25. The van der Waals surface area contributed by atoms with Crippen molar-refractivity contribution in [2.24, 2.45) is 0 Å². The Bertz CT molecular complexity index is 730. The summed E-state index contributed by atoms with van der Waals surface area (Å²) in [6.07, 6.45) is 0.659. The van der Waals surface area contributed by atoms with Crippen LogP contribution < -0.4 is 10.1 Å². The summed E-state index contributed by atoms with van der Waals surface area (Å²) >= 11 is 11.8. The Morgan fingerprint density at radius 3 is 2.50 bits per heavy atom. The van der Waals surface area contributed by atoms with Crippen molar-refractivity contribution in [2.45, 2.75) is 19.8 Å². The molecule has 0 unspecified atom stereocenters. The van der Waals surface area contributed by atoms with E-state index < -0.39 is 0 Å². The lowest BCUT2D eigenvalue weighted by molar-refractivity contribution is -0.134. The fourth-order valence-corrected chi connectivity index (χ4v) is 2.28. The van der Waals surface area contributed by atoms with Crippen molar-refractivity contribution >= 4 is 35.1 Å². The molecule has 2 aromatic carbocycles. The Morgan fingerprint density at radius 1 is 1.08 bits per heavy atom. The van der Waals surface area contributed by atoms with Gasteiger partial charge in [-0.25, -0.2) is 0 Å². The number of carbonyl (C=O) groups is 2. The van der Waals surface area contributed by atoms with Crippen molar-refractivity contribution in [3.05, 3.63) is 63.6 Å². The molecule has 2 rings (SSSR count). The summed E-state index contributed by atoms with van der Waals surface area (Å²) in [5.41, 5.74) is 1.48. The van der Waals surface area contributed by atoms with Gasteiger partial charge in [0.1, 0.15) is 5.75 Å². The number of rotatable bonds is 6. The molecule has 1 amide bonds. The standard InChI is InChI=1S/C18H17Cl2NO3/c1-12-4-9-15(20)16(11-12)24-17(22)3-2-10-21-18(23)13-5-7-14(19)8-6-13/h4-9,11H,2-3,10H2,1H3,(H,21,23). The van der Waals surface area contributed by atoms with Crippen molar-refractivity contribution < 1.29 is 14.3 Å². The molecular formula is C18H17Cl2NO3. The van der Waals surface area contributed by atoms with Gasteiger partial charge in [-0.3, -0.25) is 9.59 Å². The second-order valence-electron chi connectivity index (χ2n) is 5.27. The summed E-state index contributed by atoms with van der Waals surface area (Å²) in [4.78, 5) is 23.7. The second kappa shape index (κ2) is 8.71. The van der Waals surface area contributed by atoms with Crippen LogP contribution in [0.1, 0.15) is 28.8 Å². The van der Waals surface area contributed by atoms with Crippen LogP contribution in [-0.2, 0) is 4.79 Å². The van der Waals surface area contributed by atoms with Crippen LogP contribution in [0.2, 0.25) is 10.0 Å². The average molecular weight is 366 g/mol. The quantitative estimate of drug-likeness (QED) is 0.468. The average Bonchev–Trinajstić information content (AvgIpc) is 2.55. The SMILES string of the molecule is Cc1ccc(Cl)c(OC(=O)CCCNC(=O)c2ccc(Cl)cc2)c1. The summed E-state index contributed by atoms with van der Waals surface area (Å²) in [6.45, 7) is 2.26. The Morgan fingerprint density at radius 2 is 1.79 bits per heavy atom. The smallest absolute Gasteiger partial charge is 0.311 e. The minimum atomic E-state index is -0.386. The number of aryl methyl sites for hydroxylation is 1. The number of benzene rings is 2. The molecule has 0 atom stereocenters. The van der Waals surface area contributed by atoms with E-state index in [1.165, 1.54) is 0 Å². The van der Waals surface area contributed by atoms with E-state index >= 15 is 0 Å². The van der Waals surface area contributed by atoms with Gasteiger partial charge in [0.05, 0.1) is 5.02 Å². The van der Waals surface area contributed by atoms with E-state index in [2.05, 4.69) is 5.32 Å². The maximum absolute atomic E-state index is 11.9. The van der Waals surface area contributed by atoms with E-state index in [0.29, 0.717) is 34.3 Å². The molecule has 6 heteroatoms. The largest absolute Gasteiger partial charge is 0.425 e. The number of hydrogen-bond acceptors (Lipinski definition) is 3. The number of esters is 1. The molecular weight excluding hydrogens is 349 g/mol. The molecule has 24 heavy (non-hydrogen) atoms. The number of ether oxygens (including phenoxy) is 1. The van der Waals surface area contributed by atoms with Crippen LogP contribution in [0.4, 0.5) is 0 Å². The topological polar surface area (TPSA) is 55.4 Å². The zero-order chi connectivity index (χ0) is 17.5. The molecule has 0 aliphatic heterocycles. The first-order valence-electron chi connectivity index (χ1n) is 7.46. The first-order valence-corrected chi connectivity index (χ1v) is 8.22. The van der Waals surface area contributed by atoms with Gasteiger partial charge in [0, 0.05) is 23.6 Å². The lowest BCUT2D eigenvalue weighted by atomic mass is 10.2. The summed E-state index contributed by atoms with van der Waals surface area (Å²) in [7, 11) is 0. The number of carbonyl (C=O) groups excluding carboxylic acids is 2. The highest BCUT2D eigenvalue weighted by Gasteiger charge is 2.09. The Balaban J connectivity index is 1.73. The van der Waals surface area contributed by atoms with Crippen molar-refractivity contribution in [3.63, 3.8) is 0 Å². The summed E-state index contributed by atoms with van der Waals surface area (Å²) in [5, 5.41) is 3.71. The molecule has 0 aliphatic rings. The maximum Gasteiger partial charge on any atom is 0.311 e. The second-order valence-corrected chi connectivity index (χ2v) is 6.12. The van der Waals surface area contributed by atoms with Crippen LogP contribution in [0.3, 0.4) is 0 Å². The van der Waals surface area contributed by atoms with E-state index in [1.807, 2.05) is 13.0 Å². The molecule has 2 aromatic rings. The molecule has 1 N–H and O–H groups in total. The van der Waals surface area contributed by atoms with Crippen molar-refractivity contribution in [1.29, 1.82) is 0 Å². The van der Waals surface area contributed by atoms with E-state index in [4.69, 9.17) is 27.9 Å². The highest BCUT2D eigenvalue weighted by molar-refractivity contribution is 6.32. The number of halogens is 2. The number of hydrogen-bond donors (Lipinski definition) is 1. The summed E-state index contributed by atoms with van der Waals surface area (Å²) < 4.78 is 5.23. The van der Waals surface area contributed by atoms with Gasteiger partial charge in [-0.05, 0) is 55.3 Å². The normalized spacial score (nSPS) is 10.3. The monoisotopic (exact) mass is 365 g/mol. The van der Waals surface area contributed by atoms with Gasteiger partial charge >= 0.3 is 5.97 Å². The Labute approximate surface area is 150 Å². The lowest BCUT2D eigenvalue weighted by Gasteiger charge is -2.08. The Hall–Kier alpha value is -2.04. The maximum atomic E-state index is 11.9. The zero-order valence-electron chi connectivity index (χ0n) is 13.1. The molecule has 0 bridgehead atoms. The molecule has 0 radical (unpaired) electrons. The number of nitrogens with one attached hydrogen (secondary N) is 1. The molecule has 0 fully saturated rings. The molecule has 4 nitrogen and oxygen atoms in total. The highest BCUT2D eigenvalue weighted by atomic mass is 35.5. The fourth-order valence-electron chi connectivity index (χ4n) is 2.00. The number of amides is 1. The van der Waals surface area contributed by atoms with E-state index in [1.54, 1.807) is 36.4 Å². The van der Waals surface area contributed by atoms with Crippen LogP contribution in [0.5, 0.6) is 5.75 Å². The van der Waals surface area contributed by atoms with Gasteiger partial charge in [-0.15, -0.1) is 0 Å². The summed E-state index contributed by atoms with van der Waals surface area (Å²) in [5.74, 6) is -0.239. The van der Waals surface area contributed by atoms with Crippen LogP contribution in [0.25, 0.3) is 0 Å². The van der Waals surface area contributed by atoms with Crippen LogP contribution >= 0.6 is 23.2 Å². The third-order valence-electron chi connectivity index (χ3n) is 3.26. The van der Waals surface area contributed by atoms with E-state index in [9.17, 15) is 9.59 Å². The van der Waals surface area contributed by atoms with Gasteiger partial charge in [0.2, 0.25) is 0 Å². The third-order valence-corrected chi connectivity index (χ3v) is 3.82. The molecule has 0 saturated heterocycles. The molecule has 126 valence electrons. The first-order chi connectivity index (χ1) is 11.5. The van der Waals surface area contributed by atoms with Crippen molar-refractivity contribution in [1.82, 2.24) is 5.32 Å². The molecule has 0 heterocycles. The van der Waals surface area contributed by atoms with Gasteiger partial charge < -0.3 is 10.1 Å². The van der Waals surface area contributed by atoms with E-state index in [-0.39, 0.29) is 18.3 Å². The van der Waals surface area contributed by atoms with Gasteiger partial charge in [-0.1, -0.05) is 29.3 Å². The lowest BCUT2D eigenvalue weighted by Crippen LogP contribution is -2.25. The van der Waals surface area contributed by atoms with Crippen LogP contribution in [0, 0.1) is 6.92 Å². The fraction of sp³-hybridized carbons (Fsp3) is 0.222. The molecule has 0 aromatic heterocycles. The minimum Gasteiger partial charge on any atom is -0.425 e. The Kier molecular flexibility index (Phi) is 6.64. The molecule has 0 aliphatic carbocycles. The van der Waals surface area contributed by atoms with Crippen LogP contribution in [0.15, 0.2) is 42.5 Å². The van der Waals surface area contributed by atoms with Gasteiger partial charge in [0.25, 0.3) is 5.91 Å². The molecule has 0 saturated carbocycles. The van der Waals surface area contributed by atoms with Crippen molar-refractivity contribution in [3.8, 4) is 5.75 Å². The predicted octanol–water partition coefficient (Wildman–Crippen LogP) is 4.42. The third kappa shape index (κ3) is 5.55. The first kappa shape index (κ1) is 18.3. The van der Waals surface area contributed by atoms with Crippen LogP contribution in [-0.4, -0.2) is 18.4 Å². The minimum absolute atomic E-state index is 0.186. The van der Waals surface area contributed by atoms with Gasteiger partial charge in [0.15, 0.2) is 0 Å². The molecule has 0 spiro atoms. The predicted molar refractivity (Wildman–Crippen MR) is 94.8 cm³/mol. The zero-order valence-corrected chi connectivity index (χ0v) is 14.7. The summed E-state index contributed by atoms with van der Waals surface area (Å²) in [6, 6.07) is 11.8. The van der Waals surface area contributed by atoms with Gasteiger partial charge in [-0.2, -0.15) is 0 Å². The van der Waals surface area contributed by atoms with E-state index in [0.717, 1.165) is 5.56 Å². The van der Waals surface area contributed by atoms with Crippen molar-refractivity contribution in [2.75, 3.05) is 6.54 Å².